The summed E-state index contributed by atoms with van der Waals surface area (Å²) in [6.45, 7) is 1.39. The molecule has 0 atom stereocenters. The number of nitrogens with zero attached hydrogens (tertiary/aromatic N) is 2. The highest BCUT2D eigenvalue weighted by atomic mass is 35.5. The van der Waals surface area contributed by atoms with Crippen LogP contribution < -0.4 is 9.47 Å². The molecule has 0 spiro atoms. The zero-order valence-corrected chi connectivity index (χ0v) is 14.0. The first kappa shape index (κ1) is 16.1. The van der Waals surface area contributed by atoms with Crippen molar-refractivity contribution in [3.8, 4) is 11.5 Å². The number of benzene rings is 1. The number of aryl methyl sites for hydroxylation is 1. The second-order valence-electron chi connectivity index (χ2n) is 5.32. The van der Waals surface area contributed by atoms with Crippen LogP contribution in [0.2, 0.25) is 5.02 Å². The van der Waals surface area contributed by atoms with Crippen molar-refractivity contribution in [1.82, 2.24) is 9.78 Å². The number of halogens is 1. The summed E-state index contributed by atoms with van der Waals surface area (Å²) >= 11 is 6.19. The Morgan fingerprint density at radius 2 is 2.09 bits per heavy atom. The van der Waals surface area contributed by atoms with Crippen LogP contribution in [0.3, 0.4) is 0 Å². The lowest BCUT2D eigenvalue weighted by Crippen LogP contribution is -2.15. The van der Waals surface area contributed by atoms with Crippen molar-refractivity contribution in [2.24, 2.45) is 0 Å². The van der Waals surface area contributed by atoms with Crippen molar-refractivity contribution < 1.29 is 17.9 Å². The molecule has 0 bridgehead atoms. The van der Waals surface area contributed by atoms with Gasteiger partial charge in [-0.05, 0) is 23.8 Å². The lowest BCUT2D eigenvalue weighted by atomic mass is 10.2. The van der Waals surface area contributed by atoms with Crippen LogP contribution in [0.1, 0.15) is 12.0 Å². The van der Waals surface area contributed by atoms with Crippen molar-refractivity contribution >= 4 is 21.4 Å². The zero-order valence-electron chi connectivity index (χ0n) is 12.4. The summed E-state index contributed by atoms with van der Waals surface area (Å²) in [6, 6.07) is 5.08. The van der Waals surface area contributed by atoms with Gasteiger partial charge in [-0.3, -0.25) is 4.68 Å². The summed E-state index contributed by atoms with van der Waals surface area (Å²) < 4.78 is 37.3. The standard InChI is InChI=1S/C15H17ClN2O4S/c16-13-9-12(10-14-15(13)22-7-2-6-21-14)11-23(19,20)8-5-18-4-1-3-17-18/h1,3-4,9-10H,2,5-8,11H2. The highest BCUT2D eigenvalue weighted by Crippen LogP contribution is 2.38. The maximum Gasteiger partial charge on any atom is 0.179 e. The molecule has 0 unspecified atom stereocenters. The molecule has 3 rings (SSSR count). The van der Waals surface area contributed by atoms with Gasteiger partial charge >= 0.3 is 0 Å². The third-order valence-corrected chi connectivity index (χ3v) is 5.30. The van der Waals surface area contributed by atoms with Crippen LogP contribution in [0.25, 0.3) is 0 Å². The van der Waals surface area contributed by atoms with E-state index in [9.17, 15) is 8.42 Å². The van der Waals surface area contributed by atoms with E-state index in [2.05, 4.69) is 5.10 Å². The molecule has 2 aromatic rings. The van der Waals surface area contributed by atoms with Gasteiger partial charge in [0.25, 0.3) is 0 Å². The van der Waals surface area contributed by atoms with Gasteiger partial charge in [-0.25, -0.2) is 8.42 Å². The predicted molar refractivity (Wildman–Crippen MR) is 86.8 cm³/mol. The molecule has 0 fully saturated rings. The molecular weight excluding hydrogens is 340 g/mol. The van der Waals surface area contributed by atoms with E-state index >= 15 is 0 Å². The van der Waals surface area contributed by atoms with Gasteiger partial charge in [0.1, 0.15) is 0 Å². The molecule has 124 valence electrons. The van der Waals surface area contributed by atoms with Gasteiger partial charge in [0, 0.05) is 18.8 Å². The molecule has 6 nitrogen and oxygen atoms in total. The first-order valence-electron chi connectivity index (χ1n) is 7.29. The average molecular weight is 357 g/mol. The first-order chi connectivity index (χ1) is 11.0. The van der Waals surface area contributed by atoms with E-state index in [-0.39, 0.29) is 11.5 Å². The third-order valence-electron chi connectivity index (χ3n) is 3.44. The molecule has 23 heavy (non-hydrogen) atoms. The molecule has 1 aliphatic rings. The van der Waals surface area contributed by atoms with E-state index in [0.717, 1.165) is 6.42 Å². The zero-order chi connectivity index (χ0) is 16.3. The Hall–Kier alpha value is -1.73. The lowest BCUT2D eigenvalue weighted by Gasteiger charge is -2.12. The quantitative estimate of drug-likeness (QED) is 0.822. The minimum Gasteiger partial charge on any atom is -0.489 e. The van der Waals surface area contributed by atoms with Crippen molar-refractivity contribution in [3.63, 3.8) is 0 Å². The summed E-state index contributed by atoms with van der Waals surface area (Å²) in [6.07, 6.45) is 4.12. The van der Waals surface area contributed by atoms with E-state index < -0.39 is 9.84 Å². The Morgan fingerprint density at radius 3 is 2.87 bits per heavy atom. The van der Waals surface area contributed by atoms with Gasteiger partial charge in [-0.15, -0.1) is 0 Å². The Morgan fingerprint density at radius 1 is 1.26 bits per heavy atom. The molecule has 1 aromatic carbocycles. The van der Waals surface area contributed by atoms with Gasteiger partial charge in [0.05, 0.1) is 36.3 Å². The van der Waals surface area contributed by atoms with Crippen LogP contribution in [-0.4, -0.2) is 37.2 Å². The predicted octanol–water partition coefficient (Wildman–Crippen LogP) is 2.31. The maximum atomic E-state index is 12.3. The Kier molecular flexibility index (Phi) is 4.77. The molecule has 8 heteroatoms. The van der Waals surface area contributed by atoms with Crippen LogP contribution in [-0.2, 0) is 22.1 Å². The molecule has 0 aliphatic carbocycles. The molecule has 0 radical (unpaired) electrons. The second-order valence-corrected chi connectivity index (χ2v) is 7.91. The SMILES string of the molecule is O=S(=O)(CCn1cccn1)Cc1cc(Cl)c2c(c1)OCCCO2. The normalized spacial score (nSPS) is 14.5. The van der Waals surface area contributed by atoms with E-state index in [1.54, 1.807) is 35.3 Å². The summed E-state index contributed by atoms with van der Waals surface area (Å²) in [5.74, 6) is 0.917. The number of rotatable bonds is 5. The van der Waals surface area contributed by atoms with E-state index in [0.29, 0.717) is 41.8 Å². The number of fused-ring (bicyclic) bond motifs is 1. The minimum atomic E-state index is -3.28. The molecule has 0 N–H and O–H groups in total. The van der Waals surface area contributed by atoms with Crippen LogP contribution in [0, 0.1) is 0 Å². The van der Waals surface area contributed by atoms with Gasteiger partial charge in [-0.1, -0.05) is 11.6 Å². The fourth-order valence-electron chi connectivity index (χ4n) is 2.36. The summed E-state index contributed by atoms with van der Waals surface area (Å²) in [4.78, 5) is 0. The van der Waals surface area contributed by atoms with Crippen molar-refractivity contribution in [1.29, 1.82) is 0 Å². The molecule has 1 aliphatic heterocycles. The molecular formula is C15H17ClN2O4S. The second kappa shape index (κ2) is 6.80. The number of ether oxygens (including phenoxy) is 2. The topological polar surface area (TPSA) is 70.4 Å². The minimum absolute atomic E-state index is 0.0146. The van der Waals surface area contributed by atoms with Gasteiger partial charge in [-0.2, -0.15) is 5.10 Å². The smallest absolute Gasteiger partial charge is 0.179 e. The summed E-state index contributed by atoms with van der Waals surface area (Å²) in [5, 5.41) is 4.38. The monoisotopic (exact) mass is 356 g/mol. The van der Waals surface area contributed by atoms with Gasteiger partial charge < -0.3 is 9.47 Å². The molecule has 1 aromatic heterocycles. The number of hydrogen-bond donors (Lipinski definition) is 0. The fourth-order valence-corrected chi connectivity index (χ4v) is 3.93. The number of sulfone groups is 1. The summed E-state index contributed by atoms with van der Waals surface area (Å²) in [7, 11) is -3.28. The molecule has 2 heterocycles. The largest absolute Gasteiger partial charge is 0.489 e. The van der Waals surface area contributed by atoms with Crippen LogP contribution >= 0.6 is 11.6 Å². The first-order valence-corrected chi connectivity index (χ1v) is 9.49. The Balaban J connectivity index is 1.74. The highest BCUT2D eigenvalue weighted by Gasteiger charge is 2.19. The molecule has 0 saturated heterocycles. The lowest BCUT2D eigenvalue weighted by molar-refractivity contribution is 0.297. The third kappa shape index (κ3) is 4.17. The van der Waals surface area contributed by atoms with Gasteiger partial charge in [0.2, 0.25) is 0 Å². The van der Waals surface area contributed by atoms with Crippen LogP contribution in [0.4, 0.5) is 0 Å². The Labute approximate surface area is 139 Å². The van der Waals surface area contributed by atoms with E-state index in [1.165, 1.54) is 0 Å². The van der Waals surface area contributed by atoms with Crippen LogP contribution in [0.5, 0.6) is 11.5 Å². The van der Waals surface area contributed by atoms with Crippen molar-refractivity contribution in [2.75, 3.05) is 19.0 Å². The maximum absolute atomic E-state index is 12.3. The average Bonchev–Trinajstić information content (AvgIpc) is 2.89. The van der Waals surface area contributed by atoms with Crippen LogP contribution in [0.15, 0.2) is 30.6 Å². The van der Waals surface area contributed by atoms with Gasteiger partial charge in [0.15, 0.2) is 21.3 Å². The van der Waals surface area contributed by atoms with E-state index in [1.807, 2.05) is 0 Å². The highest BCUT2D eigenvalue weighted by molar-refractivity contribution is 7.90. The number of aromatic nitrogens is 2. The van der Waals surface area contributed by atoms with Crippen molar-refractivity contribution in [2.45, 2.75) is 18.7 Å². The number of hydrogen-bond acceptors (Lipinski definition) is 5. The van der Waals surface area contributed by atoms with Crippen molar-refractivity contribution in [3.05, 3.63) is 41.2 Å². The molecule has 0 saturated carbocycles. The fraction of sp³-hybridized carbons (Fsp3) is 0.400. The summed E-state index contributed by atoms with van der Waals surface area (Å²) in [5.41, 5.74) is 0.597. The Bertz CT molecular complexity index is 775. The molecule has 0 amide bonds. The van der Waals surface area contributed by atoms with E-state index in [4.69, 9.17) is 21.1 Å².